The number of hydrogen-bond donors (Lipinski definition) is 0. The highest BCUT2D eigenvalue weighted by atomic mass is 32.1. The SMILES string of the molecule is COCCn1nnc(C2CN(c3nc(C)ns3)CCO2)n1. The Hall–Kier alpha value is -1.65. The number of anilines is 1. The van der Waals surface area contributed by atoms with Crippen LogP contribution in [0.3, 0.4) is 0 Å². The van der Waals surface area contributed by atoms with Gasteiger partial charge in [-0.15, -0.1) is 10.2 Å². The van der Waals surface area contributed by atoms with Crippen LogP contribution in [0, 0.1) is 6.92 Å². The van der Waals surface area contributed by atoms with Crippen molar-refractivity contribution in [3.8, 4) is 0 Å². The molecule has 0 aliphatic carbocycles. The topological polar surface area (TPSA) is 91.1 Å². The molecule has 1 saturated heterocycles. The van der Waals surface area contributed by atoms with Crippen LogP contribution in [0.4, 0.5) is 5.13 Å². The van der Waals surface area contributed by atoms with Gasteiger partial charge in [-0.25, -0.2) is 4.98 Å². The summed E-state index contributed by atoms with van der Waals surface area (Å²) in [6.45, 7) is 5.08. The van der Waals surface area contributed by atoms with E-state index in [-0.39, 0.29) is 6.10 Å². The van der Waals surface area contributed by atoms with Crippen LogP contribution in [-0.2, 0) is 16.0 Å². The van der Waals surface area contributed by atoms with Crippen molar-refractivity contribution in [3.63, 3.8) is 0 Å². The third kappa shape index (κ3) is 3.34. The first-order valence-corrected chi connectivity index (χ1v) is 7.47. The van der Waals surface area contributed by atoms with E-state index < -0.39 is 0 Å². The minimum Gasteiger partial charge on any atom is -0.383 e. The van der Waals surface area contributed by atoms with Gasteiger partial charge in [-0.05, 0) is 12.1 Å². The predicted octanol–water partition coefficient (Wildman–Crippen LogP) is 0.0573. The fourth-order valence-electron chi connectivity index (χ4n) is 2.05. The van der Waals surface area contributed by atoms with E-state index in [9.17, 15) is 0 Å². The van der Waals surface area contributed by atoms with Gasteiger partial charge < -0.3 is 14.4 Å². The molecule has 3 rings (SSSR count). The monoisotopic (exact) mass is 311 g/mol. The molecule has 10 heteroatoms. The largest absolute Gasteiger partial charge is 0.383 e. The zero-order chi connectivity index (χ0) is 14.7. The number of nitrogens with zero attached hydrogens (tertiary/aromatic N) is 7. The van der Waals surface area contributed by atoms with Crippen LogP contribution in [0.2, 0.25) is 0 Å². The molecule has 0 N–H and O–H groups in total. The highest BCUT2D eigenvalue weighted by Crippen LogP contribution is 2.25. The van der Waals surface area contributed by atoms with E-state index in [0.29, 0.717) is 32.1 Å². The average Bonchev–Trinajstić information content (AvgIpc) is 3.14. The Morgan fingerprint density at radius 2 is 2.38 bits per heavy atom. The first-order chi connectivity index (χ1) is 10.3. The van der Waals surface area contributed by atoms with Crippen LogP contribution in [0.1, 0.15) is 17.8 Å². The minimum absolute atomic E-state index is 0.195. The summed E-state index contributed by atoms with van der Waals surface area (Å²) < 4.78 is 15.0. The maximum atomic E-state index is 5.75. The van der Waals surface area contributed by atoms with Crippen LogP contribution < -0.4 is 4.90 Å². The van der Waals surface area contributed by atoms with Gasteiger partial charge in [-0.2, -0.15) is 9.17 Å². The number of aromatic nitrogens is 6. The lowest BCUT2D eigenvalue weighted by atomic mass is 10.3. The molecule has 1 aliphatic heterocycles. The van der Waals surface area contributed by atoms with E-state index in [2.05, 4.69) is 29.7 Å². The van der Waals surface area contributed by atoms with Gasteiger partial charge in [0.2, 0.25) is 11.0 Å². The molecule has 0 amide bonds. The smallest absolute Gasteiger partial charge is 0.205 e. The molecular weight excluding hydrogens is 294 g/mol. The summed E-state index contributed by atoms with van der Waals surface area (Å²) in [5.74, 6) is 1.39. The molecule has 1 fully saturated rings. The van der Waals surface area contributed by atoms with Crippen molar-refractivity contribution in [1.29, 1.82) is 0 Å². The number of aryl methyl sites for hydroxylation is 1. The summed E-state index contributed by atoms with van der Waals surface area (Å²) in [7, 11) is 1.64. The van der Waals surface area contributed by atoms with Crippen molar-refractivity contribution in [2.75, 3.05) is 38.3 Å². The summed E-state index contributed by atoms with van der Waals surface area (Å²) >= 11 is 1.40. The lowest BCUT2D eigenvalue weighted by Gasteiger charge is -2.30. The van der Waals surface area contributed by atoms with Crippen LogP contribution >= 0.6 is 11.5 Å². The number of methoxy groups -OCH3 is 1. The van der Waals surface area contributed by atoms with Crippen LogP contribution in [0.5, 0.6) is 0 Å². The van der Waals surface area contributed by atoms with Crippen LogP contribution in [0.25, 0.3) is 0 Å². The summed E-state index contributed by atoms with van der Waals surface area (Å²) in [5, 5.41) is 13.3. The van der Waals surface area contributed by atoms with Crippen molar-refractivity contribution < 1.29 is 9.47 Å². The van der Waals surface area contributed by atoms with Gasteiger partial charge in [0.05, 0.1) is 26.3 Å². The van der Waals surface area contributed by atoms with Crippen LogP contribution in [-0.4, -0.2) is 63.0 Å². The zero-order valence-corrected chi connectivity index (χ0v) is 12.8. The second-order valence-electron chi connectivity index (χ2n) is 4.67. The number of ether oxygens (including phenoxy) is 2. The highest BCUT2D eigenvalue weighted by molar-refractivity contribution is 7.09. The molecule has 9 nitrogen and oxygen atoms in total. The standard InChI is InChI=1S/C11H17N7O2S/c1-8-12-11(21-15-8)17-3-6-20-9(7-17)10-13-16-18(14-10)4-5-19-2/h9H,3-7H2,1-2H3. The third-order valence-corrected chi connectivity index (χ3v) is 3.97. The van der Waals surface area contributed by atoms with Crippen molar-refractivity contribution in [1.82, 2.24) is 29.6 Å². The molecule has 0 spiro atoms. The molecule has 2 aromatic rings. The predicted molar refractivity (Wildman–Crippen MR) is 75.2 cm³/mol. The minimum atomic E-state index is -0.195. The Morgan fingerprint density at radius 1 is 1.48 bits per heavy atom. The quantitative estimate of drug-likeness (QED) is 0.765. The van der Waals surface area contributed by atoms with E-state index in [1.165, 1.54) is 16.3 Å². The van der Waals surface area contributed by atoms with E-state index >= 15 is 0 Å². The molecule has 0 saturated carbocycles. The van der Waals surface area contributed by atoms with Gasteiger partial charge in [-0.1, -0.05) is 0 Å². The first kappa shape index (κ1) is 14.3. The van der Waals surface area contributed by atoms with Gasteiger partial charge in [0, 0.05) is 25.2 Å². The summed E-state index contributed by atoms with van der Waals surface area (Å²) in [6.07, 6.45) is -0.195. The Kier molecular flexibility index (Phi) is 4.36. The van der Waals surface area contributed by atoms with E-state index in [4.69, 9.17) is 9.47 Å². The van der Waals surface area contributed by atoms with E-state index in [1.54, 1.807) is 7.11 Å². The molecule has 0 radical (unpaired) electrons. The summed E-state index contributed by atoms with van der Waals surface area (Å²) in [4.78, 5) is 8.08. The molecule has 1 aliphatic rings. The second-order valence-corrected chi connectivity index (χ2v) is 5.40. The van der Waals surface area contributed by atoms with E-state index in [1.807, 2.05) is 6.92 Å². The zero-order valence-electron chi connectivity index (χ0n) is 12.0. The Morgan fingerprint density at radius 3 is 3.14 bits per heavy atom. The fraction of sp³-hybridized carbons (Fsp3) is 0.727. The van der Waals surface area contributed by atoms with Crippen molar-refractivity contribution in [3.05, 3.63) is 11.6 Å². The molecule has 1 atom stereocenters. The number of hydrogen-bond acceptors (Lipinski definition) is 9. The maximum absolute atomic E-state index is 5.75. The molecule has 1 unspecified atom stereocenters. The van der Waals surface area contributed by atoms with Crippen molar-refractivity contribution in [2.45, 2.75) is 19.6 Å². The van der Waals surface area contributed by atoms with Gasteiger partial charge in [0.15, 0.2) is 0 Å². The Balaban J connectivity index is 1.66. The van der Waals surface area contributed by atoms with Crippen molar-refractivity contribution in [2.24, 2.45) is 0 Å². The highest BCUT2D eigenvalue weighted by Gasteiger charge is 2.27. The van der Waals surface area contributed by atoms with Crippen LogP contribution in [0.15, 0.2) is 0 Å². The Bertz CT molecular complexity index is 587. The lowest BCUT2D eigenvalue weighted by Crippen LogP contribution is -2.38. The molecule has 114 valence electrons. The first-order valence-electron chi connectivity index (χ1n) is 6.70. The van der Waals surface area contributed by atoms with E-state index in [0.717, 1.165) is 17.5 Å². The number of tetrazole rings is 1. The molecular formula is C11H17N7O2S. The molecule has 21 heavy (non-hydrogen) atoms. The number of morpholine rings is 1. The summed E-state index contributed by atoms with van der Waals surface area (Å²) in [6, 6.07) is 0. The fourth-order valence-corrected chi connectivity index (χ4v) is 2.75. The average molecular weight is 311 g/mol. The summed E-state index contributed by atoms with van der Waals surface area (Å²) in [5.41, 5.74) is 0. The molecule has 0 aromatic carbocycles. The lowest BCUT2D eigenvalue weighted by molar-refractivity contribution is 0.0337. The molecule has 3 heterocycles. The second kappa shape index (κ2) is 6.41. The van der Waals surface area contributed by atoms with Gasteiger partial charge in [-0.3, -0.25) is 0 Å². The molecule has 0 bridgehead atoms. The normalized spacial score (nSPS) is 19.1. The molecule has 2 aromatic heterocycles. The third-order valence-electron chi connectivity index (χ3n) is 3.11. The Labute approximate surface area is 126 Å². The van der Waals surface area contributed by atoms with Gasteiger partial charge >= 0.3 is 0 Å². The number of rotatable bonds is 5. The van der Waals surface area contributed by atoms with Crippen molar-refractivity contribution >= 4 is 16.7 Å². The van der Waals surface area contributed by atoms with Gasteiger partial charge in [0.1, 0.15) is 11.9 Å². The van der Waals surface area contributed by atoms with Gasteiger partial charge in [0.25, 0.3) is 0 Å². The maximum Gasteiger partial charge on any atom is 0.205 e.